The molecule has 1 rings (SSSR count). The maximum absolute atomic E-state index is 10.7. The van der Waals surface area contributed by atoms with Crippen molar-refractivity contribution >= 4 is 9.84 Å². The zero-order valence-corrected chi connectivity index (χ0v) is 6.35. The molecule has 4 nitrogen and oxygen atoms in total. The zero-order chi connectivity index (χ0) is 7.61. The van der Waals surface area contributed by atoms with Crippen LogP contribution in [-0.4, -0.2) is 24.9 Å². The highest BCUT2D eigenvalue weighted by molar-refractivity contribution is 7.89. The molecular weight excluding hydrogens is 152 g/mol. The average Bonchev–Trinajstić information content (AvgIpc) is 2.12. The van der Waals surface area contributed by atoms with E-state index in [1.165, 1.54) is 12.5 Å². The summed E-state index contributed by atoms with van der Waals surface area (Å²) in [6, 6.07) is 1.64. The summed E-state index contributed by atoms with van der Waals surface area (Å²) in [7, 11) is -2.92. The van der Waals surface area contributed by atoms with Gasteiger partial charge in [0.05, 0.1) is 11.4 Å². The molecule has 0 saturated heterocycles. The number of aromatic nitrogens is 2. The van der Waals surface area contributed by atoms with Crippen molar-refractivity contribution in [1.29, 1.82) is 0 Å². The van der Waals surface area contributed by atoms with Crippen molar-refractivity contribution in [3.05, 3.63) is 18.0 Å². The number of sulfone groups is 1. The normalized spacial score (nSPS) is 11.7. The van der Waals surface area contributed by atoms with E-state index in [4.69, 9.17) is 0 Å². The highest BCUT2D eigenvalue weighted by Gasteiger charge is 2.03. The van der Waals surface area contributed by atoms with Gasteiger partial charge < -0.3 is 0 Å². The van der Waals surface area contributed by atoms with Crippen LogP contribution in [0.25, 0.3) is 0 Å². The van der Waals surface area contributed by atoms with Crippen molar-refractivity contribution < 1.29 is 8.42 Å². The molecule has 0 amide bonds. The first-order valence-electron chi connectivity index (χ1n) is 2.74. The van der Waals surface area contributed by atoms with Gasteiger partial charge in [0, 0.05) is 12.5 Å². The van der Waals surface area contributed by atoms with Crippen LogP contribution in [0.15, 0.2) is 12.3 Å². The molecule has 0 aliphatic rings. The monoisotopic (exact) mass is 160 g/mol. The lowest BCUT2D eigenvalue weighted by Crippen LogP contribution is -2.00. The smallest absolute Gasteiger partial charge is 0.153 e. The number of aromatic amines is 1. The van der Waals surface area contributed by atoms with Gasteiger partial charge in [-0.1, -0.05) is 0 Å². The van der Waals surface area contributed by atoms with Crippen LogP contribution in [-0.2, 0) is 15.6 Å². The topological polar surface area (TPSA) is 62.8 Å². The predicted molar refractivity (Wildman–Crippen MR) is 37.1 cm³/mol. The summed E-state index contributed by atoms with van der Waals surface area (Å²) in [4.78, 5) is 0. The largest absolute Gasteiger partial charge is 0.282 e. The number of hydrogen-bond donors (Lipinski definition) is 1. The molecular formula is C5H8N2O2S. The molecule has 0 bridgehead atoms. The fourth-order valence-corrected chi connectivity index (χ4v) is 1.37. The minimum absolute atomic E-state index is 0.0347. The minimum Gasteiger partial charge on any atom is -0.282 e. The van der Waals surface area contributed by atoms with E-state index in [9.17, 15) is 8.42 Å². The fraction of sp³-hybridized carbons (Fsp3) is 0.400. The first-order chi connectivity index (χ1) is 4.58. The Bertz CT molecular complexity index is 287. The molecule has 0 spiro atoms. The molecule has 56 valence electrons. The number of rotatable bonds is 2. The quantitative estimate of drug-likeness (QED) is 0.660. The number of nitrogens with one attached hydrogen (secondary N) is 1. The molecule has 0 aliphatic heterocycles. The van der Waals surface area contributed by atoms with Crippen molar-refractivity contribution in [2.24, 2.45) is 0 Å². The van der Waals surface area contributed by atoms with E-state index in [1.807, 2.05) is 0 Å². The molecule has 0 fully saturated rings. The Hall–Kier alpha value is -0.840. The summed E-state index contributed by atoms with van der Waals surface area (Å²) in [5, 5.41) is 6.18. The minimum atomic E-state index is -2.92. The van der Waals surface area contributed by atoms with E-state index in [0.717, 1.165) is 0 Å². The van der Waals surface area contributed by atoms with Gasteiger partial charge in [0.1, 0.15) is 0 Å². The summed E-state index contributed by atoms with van der Waals surface area (Å²) >= 11 is 0. The molecule has 0 radical (unpaired) electrons. The molecule has 10 heavy (non-hydrogen) atoms. The van der Waals surface area contributed by atoms with Crippen LogP contribution < -0.4 is 0 Å². The summed E-state index contributed by atoms with van der Waals surface area (Å²) in [5.41, 5.74) is 0.627. The number of H-pyrrole nitrogens is 1. The molecule has 1 aromatic heterocycles. The van der Waals surface area contributed by atoms with Gasteiger partial charge in [-0.05, 0) is 6.07 Å². The third-order valence-electron chi connectivity index (χ3n) is 0.976. The van der Waals surface area contributed by atoms with Crippen LogP contribution in [0.3, 0.4) is 0 Å². The summed E-state index contributed by atoms with van der Waals surface area (Å²) in [6.07, 6.45) is 2.72. The molecule has 0 saturated carbocycles. The van der Waals surface area contributed by atoms with E-state index in [1.54, 1.807) is 6.07 Å². The van der Waals surface area contributed by atoms with E-state index < -0.39 is 9.84 Å². The highest BCUT2D eigenvalue weighted by Crippen LogP contribution is 1.97. The van der Waals surface area contributed by atoms with Gasteiger partial charge in [0.2, 0.25) is 0 Å². The Labute approximate surface area is 59.2 Å². The standard InChI is InChI=1S/C5H8N2O2S/c1-10(8,9)4-5-2-3-6-7-5/h2-3H,4H2,1H3,(H,6,7). The second-order valence-corrected chi connectivity index (χ2v) is 4.29. The molecule has 0 unspecified atom stereocenters. The maximum Gasteiger partial charge on any atom is 0.153 e. The van der Waals surface area contributed by atoms with Crippen molar-refractivity contribution in [2.75, 3.05) is 6.26 Å². The van der Waals surface area contributed by atoms with E-state index in [2.05, 4.69) is 10.2 Å². The third-order valence-corrected chi connectivity index (χ3v) is 1.81. The number of hydrogen-bond acceptors (Lipinski definition) is 3. The first kappa shape index (κ1) is 7.27. The van der Waals surface area contributed by atoms with Crippen molar-refractivity contribution in [2.45, 2.75) is 5.75 Å². The third kappa shape index (κ3) is 2.18. The van der Waals surface area contributed by atoms with Gasteiger partial charge in [-0.25, -0.2) is 8.42 Å². The van der Waals surface area contributed by atoms with E-state index >= 15 is 0 Å². The molecule has 5 heteroatoms. The maximum atomic E-state index is 10.7. The Morgan fingerprint density at radius 3 is 2.80 bits per heavy atom. The van der Waals surface area contributed by atoms with Gasteiger partial charge in [-0.3, -0.25) is 5.10 Å². The second-order valence-electron chi connectivity index (χ2n) is 2.15. The van der Waals surface area contributed by atoms with Gasteiger partial charge in [0.15, 0.2) is 9.84 Å². The lowest BCUT2D eigenvalue weighted by molar-refractivity contribution is 0.600. The van der Waals surface area contributed by atoms with Crippen LogP contribution in [0.2, 0.25) is 0 Å². The zero-order valence-electron chi connectivity index (χ0n) is 5.53. The summed E-state index contributed by atoms with van der Waals surface area (Å²) in [6.45, 7) is 0. The molecule has 1 heterocycles. The Balaban J connectivity index is 2.75. The van der Waals surface area contributed by atoms with Gasteiger partial charge in [-0.2, -0.15) is 5.10 Å². The molecule has 1 N–H and O–H groups in total. The van der Waals surface area contributed by atoms with Crippen LogP contribution in [0.1, 0.15) is 5.69 Å². The van der Waals surface area contributed by atoms with Crippen LogP contribution in [0, 0.1) is 0 Å². The second kappa shape index (κ2) is 2.42. The SMILES string of the molecule is CS(=O)(=O)Cc1ccn[nH]1. The van der Waals surface area contributed by atoms with E-state index in [-0.39, 0.29) is 5.75 Å². The van der Waals surface area contributed by atoms with Crippen molar-refractivity contribution in [3.63, 3.8) is 0 Å². The van der Waals surface area contributed by atoms with Gasteiger partial charge in [-0.15, -0.1) is 0 Å². The van der Waals surface area contributed by atoms with Gasteiger partial charge in [0.25, 0.3) is 0 Å². The van der Waals surface area contributed by atoms with Crippen molar-refractivity contribution in [1.82, 2.24) is 10.2 Å². The fourth-order valence-electron chi connectivity index (χ4n) is 0.648. The summed E-state index contributed by atoms with van der Waals surface area (Å²) in [5.74, 6) is 0.0347. The average molecular weight is 160 g/mol. The molecule has 1 aromatic rings. The first-order valence-corrected chi connectivity index (χ1v) is 4.80. The lowest BCUT2D eigenvalue weighted by atomic mass is 10.5. The number of nitrogens with zero attached hydrogens (tertiary/aromatic N) is 1. The Morgan fingerprint density at radius 2 is 2.40 bits per heavy atom. The summed E-state index contributed by atoms with van der Waals surface area (Å²) < 4.78 is 21.3. The molecule has 0 aromatic carbocycles. The predicted octanol–water partition coefficient (Wildman–Crippen LogP) is -0.0457. The van der Waals surface area contributed by atoms with Gasteiger partial charge >= 0.3 is 0 Å². The van der Waals surface area contributed by atoms with Crippen LogP contribution in [0.4, 0.5) is 0 Å². The molecule has 0 aliphatic carbocycles. The lowest BCUT2D eigenvalue weighted by Gasteiger charge is -1.91. The highest BCUT2D eigenvalue weighted by atomic mass is 32.2. The Morgan fingerprint density at radius 1 is 1.70 bits per heavy atom. The Kier molecular flexibility index (Phi) is 1.76. The molecule has 0 atom stereocenters. The van der Waals surface area contributed by atoms with Crippen LogP contribution >= 0.6 is 0 Å². The van der Waals surface area contributed by atoms with Crippen molar-refractivity contribution in [3.8, 4) is 0 Å². The van der Waals surface area contributed by atoms with Crippen LogP contribution in [0.5, 0.6) is 0 Å². The van der Waals surface area contributed by atoms with E-state index in [0.29, 0.717) is 5.69 Å².